The molecule has 2 heterocycles. The van der Waals surface area contributed by atoms with Crippen LogP contribution in [0.25, 0.3) is 0 Å². The summed E-state index contributed by atoms with van der Waals surface area (Å²) < 4.78 is 0. The molecule has 2 fully saturated rings. The molecule has 0 spiro atoms. The first-order chi connectivity index (χ1) is 9.22. The molecule has 1 saturated carbocycles. The highest BCUT2D eigenvalue weighted by Gasteiger charge is 2.26. The monoisotopic (exact) mass is 280 g/mol. The van der Waals surface area contributed by atoms with Crippen LogP contribution in [0.15, 0.2) is 6.20 Å². The van der Waals surface area contributed by atoms with Crippen molar-refractivity contribution in [2.75, 3.05) is 13.1 Å². The van der Waals surface area contributed by atoms with Crippen LogP contribution in [0.3, 0.4) is 0 Å². The molecule has 1 aromatic rings. The van der Waals surface area contributed by atoms with Gasteiger partial charge in [-0.3, -0.25) is 4.90 Å². The number of nitrogens with zero attached hydrogens (tertiary/aromatic N) is 2. The fourth-order valence-electron chi connectivity index (χ4n) is 3.38. The molecule has 2 atom stereocenters. The minimum absolute atomic E-state index is 0.166. The van der Waals surface area contributed by atoms with Gasteiger partial charge in [0.15, 0.2) is 0 Å². The fraction of sp³-hybridized carbons (Fsp3) is 0.800. The van der Waals surface area contributed by atoms with Gasteiger partial charge in [-0.15, -0.1) is 11.3 Å². The molecule has 0 amide bonds. The van der Waals surface area contributed by atoms with E-state index < -0.39 is 0 Å². The second-order valence-electron chi connectivity index (χ2n) is 6.17. The first-order valence-corrected chi connectivity index (χ1v) is 8.39. The zero-order chi connectivity index (χ0) is 13.2. The zero-order valence-electron chi connectivity index (χ0n) is 11.7. The lowest BCUT2D eigenvalue weighted by Crippen LogP contribution is -2.23. The van der Waals surface area contributed by atoms with Gasteiger partial charge in [0.25, 0.3) is 0 Å². The van der Waals surface area contributed by atoms with Gasteiger partial charge in [0.1, 0.15) is 0 Å². The lowest BCUT2D eigenvalue weighted by molar-refractivity contribution is 0.127. The van der Waals surface area contributed by atoms with Gasteiger partial charge < -0.3 is 5.11 Å². The molecule has 1 saturated heterocycles. The van der Waals surface area contributed by atoms with E-state index in [2.05, 4.69) is 16.1 Å². The van der Waals surface area contributed by atoms with Gasteiger partial charge >= 0.3 is 0 Å². The van der Waals surface area contributed by atoms with Crippen molar-refractivity contribution in [3.8, 4) is 0 Å². The molecular formula is C15H24N2OS. The van der Waals surface area contributed by atoms with Crippen molar-refractivity contribution in [3.05, 3.63) is 16.1 Å². The van der Waals surface area contributed by atoms with E-state index >= 15 is 0 Å². The van der Waals surface area contributed by atoms with E-state index in [9.17, 15) is 5.11 Å². The number of rotatable bonds is 4. The molecule has 0 bridgehead atoms. The number of hydrogen-bond donors (Lipinski definition) is 1. The Kier molecular flexibility index (Phi) is 4.20. The summed E-state index contributed by atoms with van der Waals surface area (Å²) >= 11 is 1.91. The van der Waals surface area contributed by atoms with Crippen LogP contribution in [-0.2, 0) is 6.54 Å². The summed E-state index contributed by atoms with van der Waals surface area (Å²) in [6, 6.07) is 0. The minimum atomic E-state index is -0.166. The lowest BCUT2D eigenvalue weighted by Gasteiger charge is -2.16. The predicted octanol–water partition coefficient (Wildman–Crippen LogP) is 3.00. The van der Waals surface area contributed by atoms with Crippen molar-refractivity contribution in [2.24, 2.45) is 5.92 Å². The Morgan fingerprint density at radius 2 is 2.21 bits per heavy atom. The van der Waals surface area contributed by atoms with Crippen LogP contribution in [0.2, 0.25) is 0 Å². The molecule has 0 radical (unpaired) electrons. The summed E-state index contributed by atoms with van der Waals surface area (Å²) in [4.78, 5) is 8.49. The SMILES string of the molecule is CC(O)C1CCN(Cc2cnc(C3CCCC3)s2)C1. The molecule has 19 heavy (non-hydrogen) atoms. The van der Waals surface area contributed by atoms with Crippen LogP contribution in [-0.4, -0.2) is 34.2 Å². The molecule has 1 aliphatic carbocycles. The van der Waals surface area contributed by atoms with Gasteiger partial charge in [-0.25, -0.2) is 4.98 Å². The Morgan fingerprint density at radius 1 is 1.42 bits per heavy atom. The molecule has 4 heteroatoms. The van der Waals surface area contributed by atoms with E-state index in [0.29, 0.717) is 5.92 Å². The summed E-state index contributed by atoms with van der Waals surface area (Å²) in [7, 11) is 0. The summed E-state index contributed by atoms with van der Waals surface area (Å²) in [6.07, 6.45) is 8.46. The maximum atomic E-state index is 9.65. The highest BCUT2D eigenvalue weighted by Crippen LogP contribution is 2.36. The van der Waals surface area contributed by atoms with E-state index in [-0.39, 0.29) is 6.10 Å². The maximum absolute atomic E-state index is 9.65. The fourth-order valence-corrected chi connectivity index (χ4v) is 4.51. The Hall–Kier alpha value is -0.450. The summed E-state index contributed by atoms with van der Waals surface area (Å²) in [5.74, 6) is 1.20. The molecule has 0 aromatic carbocycles. The second kappa shape index (κ2) is 5.90. The molecule has 106 valence electrons. The largest absolute Gasteiger partial charge is 0.393 e. The van der Waals surface area contributed by atoms with Crippen LogP contribution >= 0.6 is 11.3 Å². The molecule has 1 aromatic heterocycles. The minimum Gasteiger partial charge on any atom is -0.393 e. The van der Waals surface area contributed by atoms with Crippen molar-refractivity contribution in [1.29, 1.82) is 0 Å². The Morgan fingerprint density at radius 3 is 2.89 bits per heavy atom. The molecule has 1 N–H and O–H groups in total. The molecule has 1 aliphatic heterocycles. The summed E-state index contributed by atoms with van der Waals surface area (Å²) in [5, 5.41) is 11.0. The molecular weight excluding hydrogens is 256 g/mol. The van der Waals surface area contributed by atoms with E-state index in [1.165, 1.54) is 35.6 Å². The van der Waals surface area contributed by atoms with Crippen LogP contribution in [0, 0.1) is 5.92 Å². The van der Waals surface area contributed by atoms with Gasteiger partial charge in [0, 0.05) is 30.1 Å². The Bertz CT molecular complexity index is 412. The van der Waals surface area contributed by atoms with Gasteiger partial charge in [0.2, 0.25) is 0 Å². The Balaban J connectivity index is 1.56. The lowest BCUT2D eigenvalue weighted by atomic mass is 10.0. The van der Waals surface area contributed by atoms with E-state index in [0.717, 1.165) is 32.0 Å². The highest BCUT2D eigenvalue weighted by atomic mass is 32.1. The third kappa shape index (κ3) is 3.18. The number of aliphatic hydroxyl groups excluding tert-OH is 1. The van der Waals surface area contributed by atoms with Crippen molar-refractivity contribution in [3.63, 3.8) is 0 Å². The van der Waals surface area contributed by atoms with Gasteiger partial charge in [-0.05, 0) is 38.6 Å². The zero-order valence-corrected chi connectivity index (χ0v) is 12.5. The van der Waals surface area contributed by atoms with Crippen LogP contribution in [0.5, 0.6) is 0 Å². The average molecular weight is 280 g/mol. The maximum Gasteiger partial charge on any atom is 0.0959 e. The topological polar surface area (TPSA) is 36.4 Å². The number of likely N-dealkylation sites (tertiary alicyclic amines) is 1. The van der Waals surface area contributed by atoms with Crippen molar-refractivity contribution in [2.45, 2.75) is 57.6 Å². The third-order valence-electron chi connectivity index (χ3n) is 4.65. The molecule has 2 unspecified atom stereocenters. The van der Waals surface area contributed by atoms with Crippen LogP contribution < -0.4 is 0 Å². The quantitative estimate of drug-likeness (QED) is 0.921. The average Bonchev–Trinajstić information content (AvgIpc) is 3.09. The smallest absolute Gasteiger partial charge is 0.0959 e. The molecule has 3 rings (SSSR count). The van der Waals surface area contributed by atoms with E-state index in [1.54, 1.807) is 0 Å². The number of hydrogen-bond acceptors (Lipinski definition) is 4. The first-order valence-electron chi connectivity index (χ1n) is 7.57. The third-order valence-corrected chi connectivity index (χ3v) is 5.79. The molecule has 3 nitrogen and oxygen atoms in total. The van der Waals surface area contributed by atoms with Crippen LogP contribution in [0.4, 0.5) is 0 Å². The normalized spacial score (nSPS) is 27.2. The molecule has 2 aliphatic rings. The number of aliphatic hydroxyl groups is 1. The van der Waals surface area contributed by atoms with Gasteiger partial charge in [-0.2, -0.15) is 0 Å². The highest BCUT2D eigenvalue weighted by molar-refractivity contribution is 7.11. The van der Waals surface area contributed by atoms with Crippen molar-refractivity contribution < 1.29 is 5.11 Å². The van der Waals surface area contributed by atoms with E-state index in [1.807, 2.05) is 18.3 Å². The predicted molar refractivity (Wildman–Crippen MR) is 78.4 cm³/mol. The number of aromatic nitrogens is 1. The van der Waals surface area contributed by atoms with Crippen LogP contribution in [0.1, 0.15) is 54.8 Å². The van der Waals surface area contributed by atoms with Crippen molar-refractivity contribution in [1.82, 2.24) is 9.88 Å². The van der Waals surface area contributed by atoms with Crippen molar-refractivity contribution >= 4 is 11.3 Å². The van der Waals surface area contributed by atoms with E-state index in [4.69, 9.17) is 0 Å². The summed E-state index contributed by atoms with van der Waals surface area (Å²) in [5.41, 5.74) is 0. The summed E-state index contributed by atoms with van der Waals surface area (Å²) in [6.45, 7) is 5.09. The standard InChI is InChI=1S/C15H24N2OS/c1-11(18)13-6-7-17(9-13)10-14-8-16-15(19-14)12-4-2-3-5-12/h8,11-13,18H,2-7,9-10H2,1H3. The number of thiazole rings is 1. The second-order valence-corrected chi connectivity index (χ2v) is 7.32. The van der Waals surface area contributed by atoms with Gasteiger partial charge in [-0.1, -0.05) is 12.8 Å². The Labute approximate surface area is 119 Å². The first kappa shape index (κ1) is 13.5. The van der Waals surface area contributed by atoms with Gasteiger partial charge in [0.05, 0.1) is 11.1 Å².